The molecule has 1 N–H and O–H groups in total. The number of pyridine rings is 1. The summed E-state index contributed by atoms with van der Waals surface area (Å²) < 4.78 is 95.0. The number of fused-ring (bicyclic) bond motifs is 2. The monoisotopic (exact) mass is 528 g/mol. The molecule has 2 heterocycles. The molecule has 0 saturated heterocycles. The first-order valence-corrected chi connectivity index (χ1v) is 11.0. The van der Waals surface area contributed by atoms with Gasteiger partial charge in [-0.25, -0.2) is 4.39 Å². The van der Waals surface area contributed by atoms with Crippen molar-refractivity contribution >= 4 is 27.6 Å². The number of alkyl halides is 6. The molecular weight excluding hydrogens is 509 g/mol. The van der Waals surface area contributed by atoms with Crippen LogP contribution in [0.1, 0.15) is 12.1 Å². The minimum Gasteiger partial charge on any atom is -0.480 e. The predicted molar refractivity (Wildman–Crippen MR) is 122 cm³/mol. The van der Waals surface area contributed by atoms with Gasteiger partial charge in [-0.3, -0.25) is 9.59 Å². The lowest BCUT2D eigenvalue weighted by Crippen LogP contribution is -2.37. The van der Waals surface area contributed by atoms with Gasteiger partial charge in [0.2, 0.25) is 0 Å². The highest BCUT2D eigenvalue weighted by Crippen LogP contribution is 2.42. The number of carboxylic acids is 1. The number of hydrogen-bond acceptors (Lipinski definition) is 2. The van der Waals surface area contributed by atoms with E-state index in [4.69, 9.17) is 0 Å². The Labute approximate surface area is 204 Å². The Morgan fingerprint density at radius 3 is 2.19 bits per heavy atom. The van der Waals surface area contributed by atoms with Crippen LogP contribution in [0.25, 0.3) is 32.8 Å². The van der Waals surface area contributed by atoms with E-state index in [2.05, 4.69) is 0 Å². The number of aromatic nitrogens is 2. The van der Waals surface area contributed by atoms with E-state index in [1.165, 1.54) is 22.8 Å². The summed E-state index contributed by atoms with van der Waals surface area (Å²) in [6.45, 7) is 0.190. The Balaban J connectivity index is 1.97. The minimum absolute atomic E-state index is 0.0329. The Hall–Kier alpha value is -3.83. The van der Waals surface area contributed by atoms with Gasteiger partial charge in [0.1, 0.15) is 12.4 Å². The van der Waals surface area contributed by atoms with Crippen LogP contribution < -0.4 is 5.56 Å². The number of nitrogens with zero attached hydrogens (tertiary/aromatic N) is 2. The molecule has 0 radical (unpaired) electrons. The quantitative estimate of drug-likeness (QED) is 0.300. The molecule has 0 unspecified atom stereocenters. The maximum atomic E-state index is 14.2. The Bertz CT molecular complexity index is 1550. The molecule has 2 aromatic heterocycles. The summed E-state index contributed by atoms with van der Waals surface area (Å²) in [7, 11) is 0. The summed E-state index contributed by atoms with van der Waals surface area (Å²) in [5.41, 5.74) is 0.474. The van der Waals surface area contributed by atoms with Gasteiger partial charge in [0.05, 0.1) is 0 Å². The first-order valence-electron chi connectivity index (χ1n) is 11.0. The molecule has 0 aliphatic heterocycles. The molecule has 2 aromatic carbocycles. The summed E-state index contributed by atoms with van der Waals surface area (Å²) in [5, 5.41) is 10.0. The highest BCUT2D eigenvalue weighted by atomic mass is 19.4. The number of carbonyl (C=O) groups is 1. The zero-order valence-corrected chi connectivity index (χ0v) is 19.1. The molecule has 37 heavy (non-hydrogen) atoms. The maximum Gasteiger partial charge on any atom is 0.400 e. The number of halogens is 7. The van der Waals surface area contributed by atoms with Crippen molar-refractivity contribution in [2.75, 3.05) is 0 Å². The van der Waals surface area contributed by atoms with E-state index in [1.807, 2.05) is 0 Å². The van der Waals surface area contributed by atoms with Crippen molar-refractivity contribution in [2.45, 2.75) is 38.8 Å². The SMILES string of the molecule is Cc1c(-c2cn(CCC(C(F)(F)F)C(F)(F)F)c(=O)c3ccccc23)c2cc(F)ccc2n1CC(=O)O. The maximum absolute atomic E-state index is 14.2. The van der Waals surface area contributed by atoms with Gasteiger partial charge >= 0.3 is 18.3 Å². The molecule has 0 amide bonds. The summed E-state index contributed by atoms with van der Waals surface area (Å²) in [5.74, 6) is -5.46. The average molecular weight is 528 g/mol. The van der Waals surface area contributed by atoms with Gasteiger partial charge in [0.25, 0.3) is 5.56 Å². The van der Waals surface area contributed by atoms with Gasteiger partial charge in [-0.2, -0.15) is 26.3 Å². The van der Waals surface area contributed by atoms with E-state index in [-0.39, 0.29) is 16.3 Å². The summed E-state index contributed by atoms with van der Waals surface area (Å²) in [4.78, 5) is 24.5. The van der Waals surface area contributed by atoms with E-state index in [0.29, 0.717) is 22.2 Å². The van der Waals surface area contributed by atoms with Crippen LogP contribution >= 0.6 is 0 Å². The zero-order valence-electron chi connectivity index (χ0n) is 19.1. The second kappa shape index (κ2) is 9.24. The van der Waals surface area contributed by atoms with Gasteiger partial charge in [-0.1, -0.05) is 18.2 Å². The van der Waals surface area contributed by atoms with Crippen molar-refractivity contribution in [1.29, 1.82) is 0 Å². The molecule has 0 atom stereocenters. The van der Waals surface area contributed by atoms with Gasteiger partial charge < -0.3 is 14.2 Å². The van der Waals surface area contributed by atoms with Gasteiger partial charge in [-0.05, 0) is 43.0 Å². The minimum atomic E-state index is -5.56. The van der Waals surface area contributed by atoms with Crippen LogP contribution in [0.2, 0.25) is 0 Å². The van der Waals surface area contributed by atoms with Crippen LogP contribution in [0.15, 0.2) is 53.5 Å². The highest BCUT2D eigenvalue weighted by Gasteiger charge is 2.55. The zero-order chi connectivity index (χ0) is 27.3. The number of aryl methyl sites for hydroxylation is 1. The van der Waals surface area contributed by atoms with Crippen LogP contribution in [0.4, 0.5) is 30.7 Å². The molecule has 0 spiro atoms. The van der Waals surface area contributed by atoms with Crippen molar-refractivity contribution < 1.29 is 40.6 Å². The molecular formula is C25H19F7N2O3. The fourth-order valence-electron chi connectivity index (χ4n) is 4.62. The number of benzene rings is 2. The third-order valence-electron chi connectivity index (χ3n) is 6.29. The van der Waals surface area contributed by atoms with E-state index >= 15 is 0 Å². The first kappa shape index (κ1) is 26.2. The Morgan fingerprint density at radius 1 is 0.973 bits per heavy atom. The largest absolute Gasteiger partial charge is 0.480 e. The highest BCUT2D eigenvalue weighted by molar-refractivity contribution is 6.06. The predicted octanol–water partition coefficient (Wildman–Crippen LogP) is 6.29. The standard InChI is InChI=1S/C25H19F7N2O3/c1-13-22(17-10-14(26)6-7-19(17)34(13)12-21(35)36)18-11-33(23(37)16-5-3-2-4-15(16)18)9-8-20(24(27,28)29)25(30,31)32/h2-7,10-11,20H,8-9,12H2,1H3,(H,35,36). The summed E-state index contributed by atoms with van der Waals surface area (Å²) in [6, 6.07) is 9.68. The van der Waals surface area contributed by atoms with E-state index in [0.717, 1.165) is 22.9 Å². The molecule has 0 fully saturated rings. The molecule has 196 valence electrons. The van der Waals surface area contributed by atoms with Crippen LogP contribution in [0.5, 0.6) is 0 Å². The third-order valence-corrected chi connectivity index (χ3v) is 6.29. The smallest absolute Gasteiger partial charge is 0.400 e. The van der Waals surface area contributed by atoms with Crippen molar-refractivity contribution in [2.24, 2.45) is 5.92 Å². The lowest BCUT2D eigenvalue weighted by molar-refractivity contribution is -0.286. The molecule has 4 aromatic rings. The lowest BCUT2D eigenvalue weighted by atomic mass is 9.97. The number of carboxylic acid groups (broad SMARTS) is 1. The van der Waals surface area contributed by atoms with Gasteiger partial charge in [0.15, 0.2) is 5.92 Å². The molecule has 0 saturated carbocycles. The third kappa shape index (κ3) is 4.92. The van der Waals surface area contributed by atoms with Crippen molar-refractivity contribution in [3.05, 3.63) is 70.5 Å². The van der Waals surface area contributed by atoms with E-state index < -0.39 is 55.1 Å². The number of hydrogen-bond donors (Lipinski definition) is 1. The van der Waals surface area contributed by atoms with Crippen molar-refractivity contribution in [3.63, 3.8) is 0 Å². The van der Waals surface area contributed by atoms with E-state index in [1.54, 1.807) is 19.1 Å². The van der Waals surface area contributed by atoms with Crippen LogP contribution in [0, 0.1) is 18.7 Å². The normalized spacial score (nSPS) is 12.7. The number of aliphatic carboxylic acids is 1. The van der Waals surface area contributed by atoms with Crippen molar-refractivity contribution in [1.82, 2.24) is 9.13 Å². The Morgan fingerprint density at radius 2 is 1.59 bits per heavy atom. The topological polar surface area (TPSA) is 64.2 Å². The fourth-order valence-corrected chi connectivity index (χ4v) is 4.62. The molecule has 4 rings (SSSR count). The molecule has 12 heteroatoms. The molecule has 5 nitrogen and oxygen atoms in total. The first-order chi connectivity index (χ1) is 17.2. The number of rotatable bonds is 6. The van der Waals surface area contributed by atoms with Gasteiger partial charge in [0, 0.05) is 45.9 Å². The van der Waals surface area contributed by atoms with Gasteiger partial charge in [-0.15, -0.1) is 0 Å². The van der Waals surface area contributed by atoms with Crippen LogP contribution in [-0.2, 0) is 17.9 Å². The van der Waals surface area contributed by atoms with E-state index in [9.17, 15) is 45.4 Å². The van der Waals surface area contributed by atoms with Crippen molar-refractivity contribution in [3.8, 4) is 11.1 Å². The summed E-state index contributed by atoms with van der Waals surface area (Å²) >= 11 is 0. The van der Waals surface area contributed by atoms with Crippen LogP contribution in [0.3, 0.4) is 0 Å². The molecule has 0 aliphatic carbocycles. The van der Waals surface area contributed by atoms with Crippen LogP contribution in [-0.4, -0.2) is 32.6 Å². The lowest BCUT2D eigenvalue weighted by Gasteiger charge is -2.23. The Kier molecular flexibility index (Phi) is 6.55. The summed E-state index contributed by atoms with van der Waals surface area (Å²) in [6.07, 6.45) is -11.4. The molecule has 0 aliphatic rings. The molecule has 0 bridgehead atoms. The second-order valence-corrected chi connectivity index (χ2v) is 8.61. The fraction of sp³-hybridized carbons (Fsp3) is 0.280. The second-order valence-electron chi connectivity index (χ2n) is 8.61. The average Bonchev–Trinajstić information content (AvgIpc) is 3.03.